The Hall–Kier alpha value is -2.27. The molecule has 1 N–H and O–H groups in total. The predicted octanol–water partition coefficient (Wildman–Crippen LogP) is 4.99. The summed E-state index contributed by atoms with van der Waals surface area (Å²) in [5.74, 6) is 1.57. The quantitative estimate of drug-likeness (QED) is 0.550. The normalized spacial score (nSPS) is 12.3. The number of benzene rings is 2. The van der Waals surface area contributed by atoms with Gasteiger partial charge in [0.2, 0.25) is 0 Å². The molecular weight excluding hydrogens is 374 g/mol. The lowest BCUT2D eigenvalue weighted by atomic mass is 10.1. The van der Waals surface area contributed by atoms with Gasteiger partial charge in [0.1, 0.15) is 24.2 Å². The molecule has 1 heterocycles. The van der Waals surface area contributed by atoms with E-state index in [1.165, 1.54) is 11.1 Å². The highest BCUT2D eigenvalue weighted by Gasteiger charge is 2.15. The second-order valence-corrected chi connectivity index (χ2v) is 7.52. The summed E-state index contributed by atoms with van der Waals surface area (Å²) in [6, 6.07) is 17.7. The summed E-state index contributed by atoms with van der Waals surface area (Å²) in [7, 11) is 0. The summed E-state index contributed by atoms with van der Waals surface area (Å²) in [5.41, 5.74) is 3.37. The average molecular weight is 400 g/mol. The molecule has 0 saturated heterocycles. The third-order valence-corrected chi connectivity index (χ3v) is 4.95. The molecule has 2 aromatic carbocycles. The van der Waals surface area contributed by atoms with Gasteiger partial charge in [-0.1, -0.05) is 41.4 Å². The largest absolute Gasteiger partial charge is 0.491 e. The van der Waals surface area contributed by atoms with E-state index in [-0.39, 0.29) is 6.61 Å². The smallest absolute Gasteiger partial charge is 0.119 e. The molecular formula is C23H26ClNO3. The average Bonchev–Trinajstić information content (AvgIpc) is 3.17. The number of hydrogen-bond donors (Lipinski definition) is 1. The lowest BCUT2D eigenvalue weighted by Gasteiger charge is -2.24. The van der Waals surface area contributed by atoms with Crippen molar-refractivity contribution in [1.29, 1.82) is 0 Å². The van der Waals surface area contributed by atoms with Crippen molar-refractivity contribution in [1.82, 2.24) is 4.90 Å². The Bertz CT molecular complexity index is 862. The Morgan fingerprint density at radius 1 is 1.07 bits per heavy atom. The van der Waals surface area contributed by atoms with Gasteiger partial charge in [-0.05, 0) is 55.3 Å². The number of aliphatic hydroxyl groups is 1. The molecule has 0 aliphatic heterocycles. The fourth-order valence-corrected chi connectivity index (χ4v) is 3.13. The van der Waals surface area contributed by atoms with E-state index < -0.39 is 6.10 Å². The topological polar surface area (TPSA) is 45.8 Å². The van der Waals surface area contributed by atoms with Crippen LogP contribution in [-0.2, 0) is 13.1 Å². The Morgan fingerprint density at radius 2 is 1.86 bits per heavy atom. The Morgan fingerprint density at radius 3 is 2.54 bits per heavy atom. The van der Waals surface area contributed by atoms with Crippen LogP contribution in [0.25, 0.3) is 0 Å². The summed E-state index contributed by atoms with van der Waals surface area (Å²) in [6.07, 6.45) is 1.04. The van der Waals surface area contributed by atoms with Crippen LogP contribution in [-0.4, -0.2) is 29.3 Å². The molecule has 0 aliphatic rings. The second kappa shape index (κ2) is 9.78. The predicted molar refractivity (Wildman–Crippen MR) is 112 cm³/mol. The highest BCUT2D eigenvalue weighted by atomic mass is 35.5. The van der Waals surface area contributed by atoms with Gasteiger partial charge in [0.25, 0.3) is 0 Å². The molecule has 0 saturated carbocycles. The van der Waals surface area contributed by atoms with Crippen molar-refractivity contribution in [3.05, 3.63) is 88.3 Å². The first-order valence-corrected chi connectivity index (χ1v) is 9.74. The first-order chi connectivity index (χ1) is 13.5. The Balaban J connectivity index is 1.60. The fourth-order valence-electron chi connectivity index (χ4n) is 3.01. The molecule has 1 atom stereocenters. The summed E-state index contributed by atoms with van der Waals surface area (Å²) in [4.78, 5) is 2.16. The molecule has 0 aliphatic carbocycles. The molecule has 5 heteroatoms. The molecule has 28 heavy (non-hydrogen) atoms. The van der Waals surface area contributed by atoms with E-state index in [4.69, 9.17) is 20.8 Å². The highest BCUT2D eigenvalue weighted by molar-refractivity contribution is 6.31. The zero-order chi connectivity index (χ0) is 19.9. The lowest BCUT2D eigenvalue weighted by molar-refractivity contribution is 0.0604. The number of ether oxygens (including phenoxy) is 1. The van der Waals surface area contributed by atoms with Crippen LogP contribution in [0.1, 0.15) is 22.5 Å². The van der Waals surface area contributed by atoms with E-state index >= 15 is 0 Å². The summed E-state index contributed by atoms with van der Waals surface area (Å²) in [6.45, 7) is 6.03. The molecule has 0 spiro atoms. The van der Waals surface area contributed by atoms with Crippen molar-refractivity contribution in [2.45, 2.75) is 33.0 Å². The van der Waals surface area contributed by atoms with Crippen LogP contribution in [0.4, 0.5) is 0 Å². The molecule has 1 unspecified atom stereocenters. The molecule has 3 rings (SSSR count). The SMILES string of the molecule is Cc1ccc(CN(Cc2ccco2)CC(O)COc2ccc(Cl)c(C)c2)cc1. The lowest BCUT2D eigenvalue weighted by Crippen LogP contribution is -2.35. The number of hydrogen-bond acceptors (Lipinski definition) is 4. The van der Waals surface area contributed by atoms with Gasteiger partial charge in [-0.3, -0.25) is 4.90 Å². The van der Waals surface area contributed by atoms with Gasteiger partial charge >= 0.3 is 0 Å². The first kappa shape index (κ1) is 20.5. The van der Waals surface area contributed by atoms with Crippen LogP contribution in [0.3, 0.4) is 0 Å². The van der Waals surface area contributed by atoms with Crippen LogP contribution in [0.15, 0.2) is 65.3 Å². The minimum Gasteiger partial charge on any atom is -0.491 e. The van der Waals surface area contributed by atoms with Crippen LogP contribution >= 0.6 is 11.6 Å². The Kier molecular flexibility index (Phi) is 7.15. The molecule has 0 radical (unpaired) electrons. The number of furan rings is 1. The van der Waals surface area contributed by atoms with Gasteiger partial charge in [0.15, 0.2) is 0 Å². The minimum absolute atomic E-state index is 0.212. The molecule has 1 aromatic heterocycles. The van der Waals surface area contributed by atoms with E-state index in [1.54, 1.807) is 12.3 Å². The van der Waals surface area contributed by atoms with E-state index in [2.05, 4.69) is 36.1 Å². The van der Waals surface area contributed by atoms with Crippen molar-refractivity contribution in [2.75, 3.05) is 13.2 Å². The van der Waals surface area contributed by atoms with Crippen molar-refractivity contribution in [2.24, 2.45) is 0 Å². The number of aliphatic hydroxyl groups excluding tert-OH is 1. The maximum absolute atomic E-state index is 10.5. The molecule has 3 aromatic rings. The molecule has 0 amide bonds. The van der Waals surface area contributed by atoms with Crippen LogP contribution < -0.4 is 4.74 Å². The van der Waals surface area contributed by atoms with Crippen molar-refractivity contribution in [3.63, 3.8) is 0 Å². The van der Waals surface area contributed by atoms with Gasteiger partial charge in [0.05, 0.1) is 12.8 Å². The van der Waals surface area contributed by atoms with Crippen molar-refractivity contribution < 1.29 is 14.3 Å². The van der Waals surface area contributed by atoms with Crippen LogP contribution in [0, 0.1) is 13.8 Å². The van der Waals surface area contributed by atoms with Gasteiger partial charge in [-0.25, -0.2) is 0 Å². The molecule has 0 bridgehead atoms. The molecule has 148 valence electrons. The summed E-state index contributed by atoms with van der Waals surface area (Å²) in [5, 5.41) is 11.2. The third-order valence-electron chi connectivity index (χ3n) is 4.53. The van der Waals surface area contributed by atoms with E-state index in [1.807, 2.05) is 31.2 Å². The van der Waals surface area contributed by atoms with E-state index in [9.17, 15) is 5.11 Å². The highest BCUT2D eigenvalue weighted by Crippen LogP contribution is 2.21. The van der Waals surface area contributed by atoms with Crippen molar-refractivity contribution >= 4 is 11.6 Å². The van der Waals surface area contributed by atoms with Crippen LogP contribution in [0.2, 0.25) is 5.02 Å². The Labute approximate surface area is 171 Å². The standard InChI is InChI=1S/C23H26ClNO3/c1-17-5-7-19(8-6-17)13-25(15-22-4-3-11-27-22)14-20(26)16-28-21-9-10-23(24)18(2)12-21/h3-12,20,26H,13-16H2,1-2H3. The van der Waals surface area contributed by atoms with Gasteiger partial charge in [0, 0.05) is 18.1 Å². The summed E-state index contributed by atoms with van der Waals surface area (Å²) >= 11 is 6.05. The van der Waals surface area contributed by atoms with Crippen molar-refractivity contribution in [3.8, 4) is 5.75 Å². The zero-order valence-electron chi connectivity index (χ0n) is 16.3. The third kappa shape index (κ3) is 6.13. The zero-order valence-corrected chi connectivity index (χ0v) is 17.0. The number of aryl methyl sites for hydroxylation is 2. The minimum atomic E-state index is -0.628. The fraction of sp³-hybridized carbons (Fsp3) is 0.304. The van der Waals surface area contributed by atoms with Crippen LogP contribution in [0.5, 0.6) is 5.75 Å². The van der Waals surface area contributed by atoms with Gasteiger partial charge < -0.3 is 14.3 Å². The molecule has 4 nitrogen and oxygen atoms in total. The van der Waals surface area contributed by atoms with E-state index in [0.29, 0.717) is 23.9 Å². The van der Waals surface area contributed by atoms with Gasteiger partial charge in [-0.15, -0.1) is 0 Å². The molecule has 0 fully saturated rings. The summed E-state index contributed by atoms with van der Waals surface area (Å²) < 4.78 is 11.2. The first-order valence-electron chi connectivity index (χ1n) is 9.37. The maximum Gasteiger partial charge on any atom is 0.119 e. The number of halogens is 1. The maximum atomic E-state index is 10.5. The number of rotatable bonds is 9. The monoisotopic (exact) mass is 399 g/mol. The number of nitrogens with zero attached hydrogens (tertiary/aromatic N) is 1. The van der Waals surface area contributed by atoms with E-state index in [0.717, 1.165) is 17.9 Å². The van der Waals surface area contributed by atoms with Gasteiger partial charge in [-0.2, -0.15) is 0 Å². The second-order valence-electron chi connectivity index (χ2n) is 7.11.